The Labute approximate surface area is 128 Å². The van der Waals surface area contributed by atoms with E-state index in [-0.39, 0.29) is 0 Å². The van der Waals surface area contributed by atoms with Crippen LogP contribution in [0.1, 0.15) is 37.8 Å². The van der Waals surface area contributed by atoms with Gasteiger partial charge in [0.1, 0.15) is 5.75 Å². The van der Waals surface area contributed by atoms with Gasteiger partial charge in [0.05, 0.1) is 6.61 Å². The third kappa shape index (κ3) is 4.82. The average Bonchev–Trinajstić information content (AvgIpc) is 2.53. The summed E-state index contributed by atoms with van der Waals surface area (Å²) in [5, 5.41) is 3.54. The minimum atomic E-state index is 0.780. The van der Waals surface area contributed by atoms with Crippen molar-refractivity contribution in [3.63, 3.8) is 0 Å². The minimum absolute atomic E-state index is 0.780. The van der Waals surface area contributed by atoms with Crippen molar-refractivity contribution in [3.8, 4) is 5.75 Å². The molecule has 0 fully saturated rings. The second-order valence-corrected chi connectivity index (χ2v) is 5.25. The zero-order valence-electron chi connectivity index (χ0n) is 13.1. The van der Waals surface area contributed by atoms with Gasteiger partial charge in [-0.1, -0.05) is 50.6 Å². The zero-order chi connectivity index (χ0) is 14.9. The molecule has 2 nitrogen and oxygen atoms in total. The predicted octanol–water partition coefficient (Wildman–Crippen LogP) is 5.04. The number of rotatable bonds is 8. The largest absolute Gasteiger partial charge is 0.494 e. The maximum absolute atomic E-state index is 5.60. The molecule has 2 aromatic rings. The van der Waals surface area contributed by atoms with Crippen molar-refractivity contribution in [2.45, 2.75) is 39.7 Å². The highest BCUT2D eigenvalue weighted by molar-refractivity contribution is 5.51. The van der Waals surface area contributed by atoms with Crippen LogP contribution in [0.2, 0.25) is 0 Å². The standard InChI is InChI=1S/C19H25NO/c1-3-7-17-8-5-6-9-19(17)20-15-16-10-12-18(13-11-16)21-14-4-2/h5-6,8-13,20H,3-4,7,14-15H2,1-2H3. The lowest BCUT2D eigenvalue weighted by molar-refractivity contribution is 0.317. The van der Waals surface area contributed by atoms with E-state index in [9.17, 15) is 0 Å². The van der Waals surface area contributed by atoms with E-state index < -0.39 is 0 Å². The first-order valence-electron chi connectivity index (χ1n) is 7.87. The zero-order valence-corrected chi connectivity index (χ0v) is 13.1. The Hall–Kier alpha value is -1.96. The lowest BCUT2D eigenvalue weighted by atomic mass is 10.1. The molecule has 0 heterocycles. The van der Waals surface area contributed by atoms with Crippen molar-refractivity contribution >= 4 is 5.69 Å². The van der Waals surface area contributed by atoms with Crippen LogP contribution >= 0.6 is 0 Å². The van der Waals surface area contributed by atoms with Crippen molar-refractivity contribution in [2.75, 3.05) is 11.9 Å². The van der Waals surface area contributed by atoms with Crippen LogP contribution in [0.3, 0.4) is 0 Å². The van der Waals surface area contributed by atoms with E-state index in [2.05, 4.69) is 55.6 Å². The molecule has 0 unspecified atom stereocenters. The first-order chi connectivity index (χ1) is 10.3. The topological polar surface area (TPSA) is 21.3 Å². The van der Waals surface area contributed by atoms with E-state index in [0.29, 0.717) is 0 Å². The summed E-state index contributed by atoms with van der Waals surface area (Å²) in [4.78, 5) is 0. The Bertz CT molecular complexity index is 534. The molecule has 112 valence electrons. The molecule has 0 saturated carbocycles. The predicted molar refractivity (Wildman–Crippen MR) is 90.0 cm³/mol. The summed E-state index contributed by atoms with van der Waals surface area (Å²) >= 11 is 0. The molecular formula is C19H25NO. The highest BCUT2D eigenvalue weighted by Gasteiger charge is 2.01. The molecule has 2 heteroatoms. The lowest BCUT2D eigenvalue weighted by Gasteiger charge is -2.12. The van der Waals surface area contributed by atoms with Crippen molar-refractivity contribution < 1.29 is 4.74 Å². The van der Waals surface area contributed by atoms with Gasteiger partial charge >= 0.3 is 0 Å². The number of benzene rings is 2. The Morgan fingerprint density at radius 1 is 0.905 bits per heavy atom. The van der Waals surface area contributed by atoms with Crippen LogP contribution in [0.15, 0.2) is 48.5 Å². The summed E-state index contributed by atoms with van der Waals surface area (Å²) in [5.41, 5.74) is 3.90. The van der Waals surface area contributed by atoms with E-state index in [0.717, 1.165) is 31.7 Å². The first-order valence-corrected chi connectivity index (χ1v) is 7.87. The monoisotopic (exact) mass is 283 g/mol. The number of nitrogens with one attached hydrogen (secondary N) is 1. The number of aryl methyl sites for hydroxylation is 1. The van der Waals surface area contributed by atoms with Gasteiger partial charge in [-0.3, -0.25) is 0 Å². The van der Waals surface area contributed by atoms with Gasteiger partial charge in [0.15, 0.2) is 0 Å². The minimum Gasteiger partial charge on any atom is -0.494 e. The van der Waals surface area contributed by atoms with Crippen LogP contribution in [0.4, 0.5) is 5.69 Å². The molecule has 21 heavy (non-hydrogen) atoms. The molecule has 0 bridgehead atoms. The average molecular weight is 283 g/mol. The first kappa shape index (κ1) is 15.4. The summed E-state index contributed by atoms with van der Waals surface area (Å²) in [7, 11) is 0. The van der Waals surface area contributed by atoms with E-state index in [1.165, 1.54) is 23.2 Å². The second-order valence-electron chi connectivity index (χ2n) is 5.25. The number of hydrogen-bond acceptors (Lipinski definition) is 2. The molecule has 0 atom stereocenters. The molecular weight excluding hydrogens is 258 g/mol. The Balaban J connectivity index is 1.93. The Kier molecular flexibility index (Phi) is 6.14. The molecule has 0 spiro atoms. The SMILES string of the molecule is CCCOc1ccc(CNc2ccccc2CCC)cc1. The van der Waals surface area contributed by atoms with Gasteiger partial charge in [0.2, 0.25) is 0 Å². The van der Waals surface area contributed by atoms with Crippen LogP contribution < -0.4 is 10.1 Å². The number of anilines is 1. The van der Waals surface area contributed by atoms with E-state index >= 15 is 0 Å². The fraction of sp³-hybridized carbons (Fsp3) is 0.368. The molecule has 2 rings (SSSR count). The molecule has 0 aliphatic heterocycles. The number of ether oxygens (including phenoxy) is 1. The summed E-state index contributed by atoms with van der Waals surface area (Å²) in [6, 6.07) is 16.9. The second kappa shape index (κ2) is 8.35. The third-order valence-electron chi connectivity index (χ3n) is 3.42. The molecule has 0 aromatic heterocycles. The van der Waals surface area contributed by atoms with Gasteiger partial charge in [-0.05, 0) is 42.2 Å². The lowest BCUT2D eigenvalue weighted by Crippen LogP contribution is -2.02. The van der Waals surface area contributed by atoms with Crippen molar-refractivity contribution in [3.05, 3.63) is 59.7 Å². The number of para-hydroxylation sites is 1. The van der Waals surface area contributed by atoms with E-state index in [4.69, 9.17) is 4.74 Å². The van der Waals surface area contributed by atoms with Crippen molar-refractivity contribution in [2.24, 2.45) is 0 Å². The fourth-order valence-electron chi connectivity index (χ4n) is 2.30. The summed E-state index contributed by atoms with van der Waals surface area (Å²) < 4.78 is 5.60. The van der Waals surface area contributed by atoms with Gasteiger partial charge in [-0.2, -0.15) is 0 Å². The quantitative estimate of drug-likeness (QED) is 0.732. The van der Waals surface area contributed by atoms with Gasteiger partial charge in [-0.15, -0.1) is 0 Å². The molecule has 0 aliphatic carbocycles. The van der Waals surface area contributed by atoms with E-state index in [1.54, 1.807) is 0 Å². The molecule has 2 aromatic carbocycles. The number of hydrogen-bond donors (Lipinski definition) is 1. The Morgan fingerprint density at radius 2 is 1.67 bits per heavy atom. The van der Waals surface area contributed by atoms with Gasteiger partial charge in [0, 0.05) is 12.2 Å². The Morgan fingerprint density at radius 3 is 2.38 bits per heavy atom. The van der Waals surface area contributed by atoms with Gasteiger partial charge < -0.3 is 10.1 Å². The van der Waals surface area contributed by atoms with Crippen LogP contribution in [0, 0.1) is 0 Å². The van der Waals surface area contributed by atoms with Gasteiger partial charge in [0.25, 0.3) is 0 Å². The van der Waals surface area contributed by atoms with Crippen LogP contribution in [-0.4, -0.2) is 6.61 Å². The highest BCUT2D eigenvalue weighted by atomic mass is 16.5. The molecule has 0 radical (unpaired) electrons. The van der Waals surface area contributed by atoms with Crippen LogP contribution in [0.25, 0.3) is 0 Å². The summed E-state index contributed by atoms with van der Waals surface area (Å²) in [6.07, 6.45) is 3.33. The molecule has 0 amide bonds. The van der Waals surface area contributed by atoms with Crippen LogP contribution in [-0.2, 0) is 13.0 Å². The maximum atomic E-state index is 5.60. The normalized spacial score (nSPS) is 10.4. The molecule has 0 aliphatic rings. The highest BCUT2D eigenvalue weighted by Crippen LogP contribution is 2.19. The van der Waals surface area contributed by atoms with E-state index in [1.807, 2.05) is 12.1 Å². The van der Waals surface area contributed by atoms with Crippen LogP contribution in [0.5, 0.6) is 5.75 Å². The molecule has 0 saturated heterocycles. The summed E-state index contributed by atoms with van der Waals surface area (Å²) in [5.74, 6) is 0.951. The summed E-state index contributed by atoms with van der Waals surface area (Å²) in [6.45, 7) is 5.95. The van der Waals surface area contributed by atoms with Crippen molar-refractivity contribution in [1.29, 1.82) is 0 Å². The van der Waals surface area contributed by atoms with Crippen molar-refractivity contribution in [1.82, 2.24) is 0 Å². The van der Waals surface area contributed by atoms with Gasteiger partial charge in [-0.25, -0.2) is 0 Å². The smallest absolute Gasteiger partial charge is 0.119 e. The maximum Gasteiger partial charge on any atom is 0.119 e. The molecule has 1 N–H and O–H groups in total. The fourth-order valence-corrected chi connectivity index (χ4v) is 2.30. The third-order valence-corrected chi connectivity index (χ3v) is 3.42.